The van der Waals surface area contributed by atoms with Gasteiger partial charge in [0.05, 0.1) is 0 Å². The van der Waals surface area contributed by atoms with Gasteiger partial charge in [-0.2, -0.15) is 0 Å². The predicted molar refractivity (Wildman–Crippen MR) is 80.4 cm³/mol. The second kappa shape index (κ2) is 6.62. The maximum absolute atomic E-state index is 11.8. The van der Waals surface area contributed by atoms with Crippen molar-refractivity contribution in [1.29, 1.82) is 0 Å². The van der Waals surface area contributed by atoms with Crippen LogP contribution in [-0.4, -0.2) is 28.7 Å². The first-order chi connectivity index (χ1) is 10.5. The van der Waals surface area contributed by atoms with Crippen LogP contribution >= 0.6 is 0 Å². The van der Waals surface area contributed by atoms with Gasteiger partial charge in [-0.1, -0.05) is 18.2 Å². The third-order valence-electron chi connectivity index (χ3n) is 2.96. The van der Waals surface area contributed by atoms with Crippen LogP contribution in [0.25, 0.3) is 0 Å². The Balaban J connectivity index is 1.99. The summed E-state index contributed by atoms with van der Waals surface area (Å²) in [5.74, 6) is -1.45. The molecule has 0 spiro atoms. The lowest BCUT2D eigenvalue weighted by Gasteiger charge is -2.10. The van der Waals surface area contributed by atoms with Crippen molar-refractivity contribution in [2.45, 2.75) is 6.92 Å². The fraction of sp³-hybridized carbons (Fsp3) is 0.125. The molecule has 0 aliphatic rings. The Morgan fingerprint density at radius 2 is 1.91 bits per heavy atom. The van der Waals surface area contributed by atoms with Crippen molar-refractivity contribution in [3.63, 3.8) is 0 Å². The minimum absolute atomic E-state index is 0.200. The van der Waals surface area contributed by atoms with E-state index in [1.807, 2.05) is 19.1 Å². The number of para-hydroxylation sites is 1. The van der Waals surface area contributed by atoms with Crippen molar-refractivity contribution >= 4 is 17.6 Å². The van der Waals surface area contributed by atoms with E-state index in [4.69, 9.17) is 9.84 Å². The first-order valence-corrected chi connectivity index (χ1v) is 6.52. The second-order valence-electron chi connectivity index (χ2n) is 4.64. The maximum Gasteiger partial charge on any atom is 0.339 e. The monoisotopic (exact) mass is 301 g/mol. The number of aromatic hydroxyl groups is 1. The van der Waals surface area contributed by atoms with Crippen LogP contribution < -0.4 is 10.1 Å². The summed E-state index contributed by atoms with van der Waals surface area (Å²) in [5.41, 5.74) is 0.902. The molecule has 0 aromatic heterocycles. The standard InChI is InChI=1S/C16H15NO5/c1-10-4-2-3-5-14(10)22-9-15(19)17-11-6-7-13(18)12(8-11)16(20)21/h2-8,18H,9H2,1H3,(H,17,19)(H,20,21). The van der Waals surface area contributed by atoms with Crippen molar-refractivity contribution in [3.05, 3.63) is 53.6 Å². The number of amides is 1. The molecule has 0 fully saturated rings. The van der Waals surface area contributed by atoms with Gasteiger partial charge in [0.2, 0.25) is 0 Å². The van der Waals surface area contributed by atoms with Gasteiger partial charge in [0.15, 0.2) is 6.61 Å². The third kappa shape index (κ3) is 3.76. The van der Waals surface area contributed by atoms with Gasteiger partial charge in [0.25, 0.3) is 5.91 Å². The molecule has 0 heterocycles. The first kappa shape index (κ1) is 15.4. The number of ether oxygens (including phenoxy) is 1. The fourth-order valence-electron chi connectivity index (χ4n) is 1.84. The summed E-state index contributed by atoms with van der Waals surface area (Å²) in [7, 11) is 0. The topological polar surface area (TPSA) is 95.9 Å². The van der Waals surface area contributed by atoms with Gasteiger partial charge in [-0.15, -0.1) is 0 Å². The Morgan fingerprint density at radius 3 is 2.59 bits per heavy atom. The lowest BCUT2D eigenvalue weighted by Crippen LogP contribution is -2.20. The number of anilines is 1. The van der Waals surface area contributed by atoms with Crippen LogP contribution in [-0.2, 0) is 4.79 Å². The Bertz CT molecular complexity index is 711. The molecule has 0 atom stereocenters. The number of carboxylic acid groups (broad SMARTS) is 1. The molecule has 3 N–H and O–H groups in total. The summed E-state index contributed by atoms with van der Waals surface area (Å²) in [5, 5.41) is 20.8. The van der Waals surface area contributed by atoms with Crippen molar-refractivity contribution < 1.29 is 24.5 Å². The zero-order valence-electron chi connectivity index (χ0n) is 11.9. The molecule has 1 amide bonds. The summed E-state index contributed by atoms with van der Waals surface area (Å²) in [6.45, 7) is 1.67. The minimum Gasteiger partial charge on any atom is -0.507 e. The zero-order valence-corrected chi connectivity index (χ0v) is 11.9. The number of hydrogen-bond acceptors (Lipinski definition) is 4. The number of aryl methyl sites for hydroxylation is 1. The maximum atomic E-state index is 11.8. The summed E-state index contributed by atoms with van der Waals surface area (Å²) in [4.78, 5) is 22.7. The van der Waals surface area contributed by atoms with Gasteiger partial charge in [-0.05, 0) is 36.8 Å². The average Bonchev–Trinajstić information content (AvgIpc) is 2.48. The van der Waals surface area contributed by atoms with Crippen LogP contribution in [0.15, 0.2) is 42.5 Å². The largest absolute Gasteiger partial charge is 0.507 e. The second-order valence-corrected chi connectivity index (χ2v) is 4.64. The van der Waals surface area contributed by atoms with Crippen molar-refractivity contribution in [3.8, 4) is 11.5 Å². The number of aromatic carboxylic acids is 1. The van der Waals surface area contributed by atoms with E-state index < -0.39 is 11.9 Å². The SMILES string of the molecule is Cc1ccccc1OCC(=O)Nc1ccc(O)c(C(=O)O)c1. The van der Waals surface area contributed by atoms with Crippen LogP contribution in [0.3, 0.4) is 0 Å². The van der Waals surface area contributed by atoms with E-state index in [9.17, 15) is 14.7 Å². The van der Waals surface area contributed by atoms with E-state index in [2.05, 4.69) is 5.32 Å². The van der Waals surface area contributed by atoms with Gasteiger partial charge >= 0.3 is 5.97 Å². The molecular formula is C16H15NO5. The number of benzene rings is 2. The lowest BCUT2D eigenvalue weighted by atomic mass is 10.2. The molecule has 0 saturated heterocycles. The zero-order chi connectivity index (χ0) is 16.1. The molecule has 114 valence electrons. The number of carbonyl (C=O) groups is 2. The quantitative estimate of drug-likeness (QED) is 0.737. The molecule has 2 rings (SSSR count). The van der Waals surface area contributed by atoms with Crippen molar-refractivity contribution in [2.24, 2.45) is 0 Å². The average molecular weight is 301 g/mol. The molecule has 2 aromatic carbocycles. The van der Waals surface area contributed by atoms with E-state index in [0.29, 0.717) is 5.75 Å². The first-order valence-electron chi connectivity index (χ1n) is 6.52. The number of carboxylic acids is 1. The van der Waals surface area contributed by atoms with Gasteiger partial charge in [0, 0.05) is 5.69 Å². The Labute approximate surface area is 127 Å². The van der Waals surface area contributed by atoms with E-state index >= 15 is 0 Å². The summed E-state index contributed by atoms with van der Waals surface area (Å²) in [6.07, 6.45) is 0. The summed E-state index contributed by atoms with van der Waals surface area (Å²) in [6, 6.07) is 11.1. The molecule has 2 aromatic rings. The molecule has 6 heteroatoms. The predicted octanol–water partition coefficient (Wildman–Crippen LogP) is 2.42. The normalized spacial score (nSPS) is 10.0. The molecule has 0 aliphatic carbocycles. The minimum atomic E-state index is -1.27. The number of carbonyl (C=O) groups excluding carboxylic acids is 1. The molecule has 0 unspecified atom stereocenters. The number of rotatable bonds is 5. The van der Waals surface area contributed by atoms with Crippen molar-refractivity contribution in [1.82, 2.24) is 0 Å². The number of phenols is 1. The molecule has 0 radical (unpaired) electrons. The highest BCUT2D eigenvalue weighted by molar-refractivity contribution is 5.96. The summed E-state index contributed by atoms with van der Waals surface area (Å²) < 4.78 is 5.39. The van der Waals surface area contributed by atoms with E-state index in [1.165, 1.54) is 18.2 Å². The smallest absolute Gasteiger partial charge is 0.339 e. The Morgan fingerprint density at radius 1 is 1.18 bits per heavy atom. The van der Waals surface area contributed by atoms with Crippen LogP contribution in [0.2, 0.25) is 0 Å². The van der Waals surface area contributed by atoms with E-state index in [1.54, 1.807) is 12.1 Å². The van der Waals surface area contributed by atoms with Gasteiger partial charge in [-0.3, -0.25) is 4.79 Å². The van der Waals surface area contributed by atoms with Crippen LogP contribution in [0.4, 0.5) is 5.69 Å². The number of nitrogens with one attached hydrogen (secondary N) is 1. The molecule has 22 heavy (non-hydrogen) atoms. The van der Waals surface area contributed by atoms with Crippen LogP contribution in [0.1, 0.15) is 15.9 Å². The highest BCUT2D eigenvalue weighted by Crippen LogP contribution is 2.21. The molecule has 0 bridgehead atoms. The van der Waals surface area contributed by atoms with Crippen LogP contribution in [0, 0.1) is 6.92 Å². The number of hydrogen-bond donors (Lipinski definition) is 3. The lowest BCUT2D eigenvalue weighted by molar-refractivity contribution is -0.118. The highest BCUT2D eigenvalue weighted by Gasteiger charge is 2.12. The summed E-state index contributed by atoms with van der Waals surface area (Å²) >= 11 is 0. The molecule has 0 aliphatic heterocycles. The van der Waals surface area contributed by atoms with Crippen molar-refractivity contribution in [2.75, 3.05) is 11.9 Å². The van der Waals surface area contributed by atoms with Gasteiger partial charge < -0.3 is 20.3 Å². The van der Waals surface area contributed by atoms with Gasteiger partial charge in [0.1, 0.15) is 17.1 Å². The van der Waals surface area contributed by atoms with Gasteiger partial charge in [-0.25, -0.2) is 4.79 Å². The highest BCUT2D eigenvalue weighted by atomic mass is 16.5. The Kier molecular flexibility index (Phi) is 4.63. The molecular weight excluding hydrogens is 286 g/mol. The molecule has 6 nitrogen and oxygen atoms in total. The fourth-order valence-corrected chi connectivity index (χ4v) is 1.84. The van der Waals surface area contributed by atoms with E-state index in [-0.39, 0.29) is 23.6 Å². The van der Waals surface area contributed by atoms with E-state index in [0.717, 1.165) is 5.56 Å². The third-order valence-corrected chi connectivity index (χ3v) is 2.96. The molecule has 0 saturated carbocycles. The Hall–Kier alpha value is -3.02. The van der Waals surface area contributed by atoms with Crippen LogP contribution in [0.5, 0.6) is 11.5 Å².